The average molecular weight is 502 g/mol. The van der Waals surface area contributed by atoms with Crippen LogP contribution in [0.25, 0.3) is 10.9 Å². The number of anilines is 1. The van der Waals surface area contributed by atoms with Gasteiger partial charge in [-0.15, -0.1) is 0 Å². The number of fused-ring (bicyclic) bond motifs is 2. The maximum atomic E-state index is 13.1. The minimum atomic E-state index is -5.08. The van der Waals surface area contributed by atoms with Crippen LogP contribution < -0.4 is 4.90 Å². The van der Waals surface area contributed by atoms with E-state index in [1.165, 1.54) is 18.4 Å². The van der Waals surface area contributed by atoms with Crippen LogP contribution in [0.3, 0.4) is 0 Å². The van der Waals surface area contributed by atoms with Gasteiger partial charge in [-0.1, -0.05) is 18.2 Å². The number of amides is 1. The number of aromatic nitrogens is 3. The molecule has 1 fully saturated rings. The molecule has 11 heteroatoms. The Labute approximate surface area is 205 Å². The van der Waals surface area contributed by atoms with E-state index in [0.717, 1.165) is 54.2 Å². The van der Waals surface area contributed by atoms with E-state index in [4.69, 9.17) is 19.9 Å². The zero-order valence-corrected chi connectivity index (χ0v) is 19.8. The van der Waals surface area contributed by atoms with Gasteiger partial charge in [0.2, 0.25) is 5.95 Å². The third kappa shape index (κ3) is 5.72. The van der Waals surface area contributed by atoms with Crippen LogP contribution in [0.15, 0.2) is 36.5 Å². The molecule has 0 aliphatic carbocycles. The Hall–Kier alpha value is -3.76. The highest BCUT2D eigenvalue weighted by molar-refractivity contribution is 5.97. The van der Waals surface area contributed by atoms with Crippen LogP contribution in [0.2, 0.25) is 0 Å². The Balaban J connectivity index is 0.000000384. The molecule has 0 spiro atoms. The maximum Gasteiger partial charge on any atom is 0.490 e. The Bertz CT molecular complexity index is 1280. The number of pyridine rings is 1. The van der Waals surface area contributed by atoms with Gasteiger partial charge in [-0.2, -0.15) is 13.2 Å². The van der Waals surface area contributed by atoms with Gasteiger partial charge in [0.1, 0.15) is 0 Å². The van der Waals surface area contributed by atoms with Crippen molar-refractivity contribution in [2.45, 2.75) is 38.8 Å². The summed E-state index contributed by atoms with van der Waals surface area (Å²) in [6.07, 6.45) is 0.600. The summed E-state index contributed by atoms with van der Waals surface area (Å²) in [4.78, 5) is 40.4. The predicted molar refractivity (Wildman–Crippen MR) is 127 cm³/mol. The van der Waals surface area contributed by atoms with E-state index < -0.39 is 12.1 Å². The van der Waals surface area contributed by atoms with Gasteiger partial charge in [0.05, 0.1) is 16.8 Å². The van der Waals surface area contributed by atoms with Crippen molar-refractivity contribution in [3.8, 4) is 0 Å². The second-order valence-electron chi connectivity index (χ2n) is 8.74. The SMILES string of the molecule is Cc1nc(N2CCCC2)nc2c1CCN(C(=O)c1cnc3ccccc3c1)CC2.O=C(O)C(F)(F)F. The summed E-state index contributed by atoms with van der Waals surface area (Å²) in [5, 5.41) is 8.12. The lowest BCUT2D eigenvalue weighted by Crippen LogP contribution is -2.33. The number of rotatable bonds is 2. The van der Waals surface area contributed by atoms with E-state index in [1.54, 1.807) is 6.20 Å². The third-order valence-electron chi connectivity index (χ3n) is 6.29. The topological polar surface area (TPSA) is 99.5 Å². The number of carboxylic acids is 1. The van der Waals surface area contributed by atoms with E-state index in [1.807, 2.05) is 35.2 Å². The van der Waals surface area contributed by atoms with E-state index in [0.29, 0.717) is 18.7 Å². The molecule has 4 heterocycles. The molecule has 2 aliphatic heterocycles. The second kappa shape index (κ2) is 10.5. The average Bonchev–Trinajstić information content (AvgIpc) is 3.30. The molecule has 1 amide bonds. The van der Waals surface area contributed by atoms with Gasteiger partial charge < -0.3 is 14.9 Å². The largest absolute Gasteiger partial charge is 0.490 e. The molecular formula is C25H26F3N5O3. The van der Waals surface area contributed by atoms with Gasteiger partial charge in [-0.25, -0.2) is 14.8 Å². The smallest absolute Gasteiger partial charge is 0.475 e. The monoisotopic (exact) mass is 501 g/mol. The van der Waals surface area contributed by atoms with Crippen LogP contribution in [0.1, 0.15) is 40.2 Å². The van der Waals surface area contributed by atoms with Crippen molar-refractivity contribution in [1.82, 2.24) is 19.9 Å². The molecular weight excluding hydrogens is 475 g/mol. The Kier molecular flexibility index (Phi) is 7.37. The van der Waals surface area contributed by atoms with Gasteiger partial charge in [0.25, 0.3) is 5.91 Å². The standard InChI is InChI=1S/C23H25N5O.C2HF3O2/c1-16-19-8-12-27(13-9-21(19)26-23(25-16)28-10-4-5-11-28)22(29)18-14-17-6-2-3-7-20(17)24-15-18;3-2(4,5)1(6)7/h2-3,6-7,14-15H,4-5,8-13H2,1H3;(H,6,7). The van der Waals surface area contributed by atoms with E-state index in [2.05, 4.69) is 16.8 Å². The fourth-order valence-electron chi connectivity index (χ4n) is 4.40. The summed E-state index contributed by atoms with van der Waals surface area (Å²) in [5.74, 6) is -1.86. The lowest BCUT2D eigenvalue weighted by atomic mass is 10.1. The molecule has 0 atom stereocenters. The number of carboxylic acid groups (broad SMARTS) is 1. The number of carbonyl (C=O) groups is 2. The molecule has 36 heavy (non-hydrogen) atoms. The summed E-state index contributed by atoms with van der Waals surface area (Å²) < 4.78 is 31.7. The lowest BCUT2D eigenvalue weighted by molar-refractivity contribution is -0.192. The van der Waals surface area contributed by atoms with E-state index in [9.17, 15) is 18.0 Å². The number of halogens is 3. The lowest BCUT2D eigenvalue weighted by Gasteiger charge is -2.20. The molecule has 0 unspecified atom stereocenters. The minimum absolute atomic E-state index is 0.0430. The highest BCUT2D eigenvalue weighted by Gasteiger charge is 2.38. The first kappa shape index (κ1) is 25.3. The Morgan fingerprint density at radius 2 is 1.67 bits per heavy atom. The zero-order chi connectivity index (χ0) is 25.9. The van der Waals surface area contributed by atoms with Crippen molar-refractivity contribution in [2.24, 2.45) is 0 Å². The summed E-state index contributed by atoms with van der Waals surface area (Å²) in [6, 6.07) is 9.84. The predicted octanol–water partition coefficient (Wildman–Crippen LogP) is 3.81. The van der Waals surface area contributed by atoms with Crippen molar-refractivity contribution >= 4 is 28.7 Å². The molecule has 3 aromatic rings. The van der Waals surface area contributed by atoms with Crippen LogP contribution in [0.4, 0.5) is 19.1 Å². The summed E-state index contributed by atoms with van der Waals surface area (Å²) >= 11 is 0. The zero-order valence-electron chi connectivity index (χ0n) is 19.8. The van der Waals surface area contributed by atoms with Crippen molar-refractivity contribution in [3.63, 3.8) is 0 Å². The van der Waals surface area contributed by atoms with E-state index in [-0.39, 0.29) is 5.91 Å². The number of carbonyl (C=O) groups excluding carboxylic acids is 1. The molecule has 0 saturated carbocycles. The summed E-state index contributed by atoms with van der Waals surface area (Å²) in [7, 11) is 0. The molecule has 2 aliphatic rings. The van der Waals surface area contributed by atoms with Gasteiger partial charge in [0, 0.05) is 49.9 Å². The number of hydrogen-bond donors (Lipinski definition) is 1. The highest BCUT2D eigenvalue weighted by atomic mass is 19.4. The number of para-hydroxylation sites is 1. The van der Waals surface area contributed by atoms with Crippen LogP contribution in [-0.4, -0.2) is 69.2 Å². The van der Waals surface area contributed by atoms with E-state index >= 15 is 0 Å². The molecule has 0 bridgehead atoms. The molecule has 5 rings (SSSR count). The Morgan fingerprint density at radius 1 is 1.00 bits per heavy atom. The number of benzene rings is 1. The van der Waals surface area contributed by atoms with Crippen molar-refractivity contribution < 1.29 is 27.9 Å². The maximum absolute atomic E-state index is 13.1. The summed E-state index contributed by atoms with van der Waals surface area (Å²) in [6.45, 7) is 5.51. The van der Waals surface area contributed by atoms with Crippen molar-refractivity contribution in [2.75, 3.05) is 31.1 Å². The van der Waals surface area contributed by atoms with Gasteiger partial charge in [-0.3, -0.25) is 9.78 Å². The normalized spacial score (nSPS) is 15.7. The fraction of sp³-hybridized carbons (Fsp3) is 0.400. The second-order valence-corrected chi connectivity index (χ2v) is 8.74. The van der Waals surface area contributed by atoms with Crippen molar-refractivity contribution in [1.29, 1.82) is 0 Å². The first-order valence-corrected chi connectivity index (χ1v) is 11.7. The Morgan fingerprint density at radius 3 is 2.36 bits per heavy atom. The number of aliphatic carboxylic acids is 1. The van der Waals surface area contributed by atoms with Gasteiger partial charge in [-0.05, 0) is 43.9 Å². The van der Waals surface area contributed by atoms with Gasteiger partial charge >= 0.3 is 12.1 Å². The molecule has 1 saturated heterocycles. The minimum Gasteiger partial charge on any atom is -0.475 e. The number of alkyl halides is 3. The third-order valence-corrected chi connectivity index (χ3v) is 6.29. The quantitative estimate of drug-likeness (QED) is 0.570. The number of hydrogen-bond acceptors (Lipinski definition) is 6. The molecule has 190 valence electrons. The molecule has 1 aromatic carbocycles. The highest BCUT2D eigenvalue weighted by Crippen LogP contribution is 2.24. The van der Waals surface area contributed by atoms with Crippen LogP contribution in [0.5, 0.6) is 0 Å². The molecule has 8 nitrogen and oxygen atoms in total. The first-order chi connectivity index (χ1) is 17.1. The first-order valence-electron chi connectivity index (χ1n) is 11.7. The van der Waals surface area contributed by atoms with Crippen molar-refractivity contribution in [3.05, 3.63) is 59.0 Å². The van der Waals surface area contributed by atoms with Crippen LogP contribution >= 0.6 is 0 Å². The number of aryl methyl sites for hydroxylation is 1. The molecule has 1 N–H and O–H groups in total. The number of nitrogens with zero attached hydrogens (tertiary/aromatic N) is 5. The van der Waals surface area contributed by atoms with Crippen LogP contribution in [0, 0.1) is 6.92 Å². The van der Waals surface area contributed by atoms with Gasteiger partial charge in [0.15, 0.2) is 0 Å². The van der Waals surface area contributed by atoms with Crippen LogP contribution in [-0.2, 0) is 17.6 Å². The fourth-order valence-corrected chi connectivity index (χ4v) is 4.40. The molecule has 2 aromatic heterocycles. The molecule has 0 radical (unpaired) electrons. The summed E-state index contributed by atoms with van der Waals surface area (Å²) in [5.41, 5.74) is 4.92.